The molecule has 4 heterocycles. The average Bonchev–Trinajstić information content (AvgIpc) is 3.37. The normalized spacial score (nSPS) is 58.6. The Bertz CT molecular complexity index is 497. The molecule has 0 amide bonds. The second-order valence-electron chi connectivity index (χ2n) is 8.01. The first-order valence-electron chi connectivity index (χ1n) is 8.86. The Hall–Kier alpha value is 1.78. The van der Waals surface area contributed by atoms with Gasteiger partial charge >= 0.3 is 168 Å². The zero-order valence-electron chi connectivity index (χ0n) is 16.1. The number of ether oxygens (including phenoxy) is 4. The van der Waals surface area contributed by atoms with E-state index in [-0.39, 0.29) is 19.7 Å². The molecule has 0 saturated carbocycles. The van der Waals surface area contributed by atoms with Gasteiger partial charge in [0.15, 0.2) is 0 Å². The monoisotopic (exact) mass is 486 g/mol. The van der Waals surface area contributed by atoms with Crippen LogP contribution in [0.1, 0.15) is 55.4 Å². The average molecular weight is 485 g/mol. The molecular formula is C16H28GeO4S4. The van der Waals surface area contributed by atoms with Crippen molar-refractivity contribution in [3.05, 3.63) is 0 Å². The summed E-state index contributed by atoms with van der Waals surface area (Å²) in [6.07, 6.45) is 1.24. The number of rotatable bonds is 8. The Morgan fingerprint density at radius 3 is 0.800 bits per heavy atom. The van der Waals surface area contributed by atoms with Crippen molar-refractivity contribution in [3.8, 4) is 0 Å². The van der Waals surface area contributed by atoms with Crippen molar-refractivity contribution in [1.29, 1.82) is 0 Å². The van der Waals surface area contributed by atoms with Gasteiger partial charge in [-0.05, 0) is 0 Å². The first-order chi connectivity index (χ1) is 11.3. The molecule has 8 unspecified atom stereocenters. The van der Waals surface area contributed by atoms with Gasteiger partial charge in [-0.2, -0.15) is 0 Å². The second-order valence-corrected chi connectivity index (χ2v) is 40.1. The van der Waals surface area contributed by atoms with Gasteiger partial charge in [-0.3, -0.25) is 0 Å². The maximum atomic E-state index is 5.99. The zero-order chi connectivity index (χ0) is 18.5. The molecular weight excluding hydrogens is 457 g/mol. The quantitative estimate of drug-likeness (QED) is 0.356. The van der Waals surface area contributed by atoms with Gasteiger partial charge in [0, 0.05) is 0 Å². The van der Waals surface area contributed by atoms with Crippen LogP contribution in [0.25, 0.3) is 0 Å². The third kappa shape index (κ3) is 3.82. The van der Waals surface area contributed by atoms with Gasteiger partial charge in [-0.25, -0.2) is 0 Å². The predicted octanol–water partition coefficient (Wildman–Crippen LogP) is 4.89. The number of hydrogen-bond acceptors (Lipinski definition) is 8. The molecule has 4 rings (SSSR count). The van der Waals surface area contributed by atoms with E-state index in [4.69, 9.17) is 18.9 Å². The van der Waals surface area contributed by atoms with Crippen LogP contribution in [0.4, 0.5) is 0 Å². The van der Waals surface area contributed by atoms with Crippen molar-refractivity contribution in [2.24, 2.45) is 0 Å². The Morgan fingerprint density at radius 1 is 0.520 bits per heavy atom. The molecule has 0 aliphatic carbocycles. The van der Waals surface area contributed by atoms with Crippen molar-refractivity contribution >= 4 is 49.0 Å². The molecule has 0 radical (unpaired) electrons. The topological polar surface area (TPSA) is 50.1 Å². The molecule has 25 heavy (non-hydrogen) atoms. The molecule has 4 aliphatic rings. The van der Waals surface area contributed by atoms with Gasteiger partial charge in [0.05, 0.1) is 0 Å². The van der Waals surface area contributed by atoms with Crippen LogP contribution in [-0.2, 0) is 18.9 Å². The minimum atomic E-state index is -2.74. The van der Waals surface area contributed by atoms with Crippen LogP contribution >= 0.6 is 40.3 Å². The van der Waals surface area contributed by atoms with Crippen LogP contribution < -0.4 is 0 Å². The van der Waals surface area contributed by atoms with E-state index in [9.17, 15) is 0 Å². The molecule has 0 bridgehead atoms. The van der Waals surface area contributed by atoms with Gasteiger partial charge in [-0.15, -0.1) is 0 Å². The van der Waals surface area contributed by atoms with Crippen LogP contribution in [-0.4, -0.2) is 52.8 Å². The fourth-order valence-electron chi connectivity index (χ4n) is 2.81. The number of hydrogen-bond donors (Lipinski definition) is 0. The third-order valence-corrected chi connectivity index (χ3v) is 42.1. The molecule has 0 aromatic heterocycles. The Kier molecular flexibility index (Phi) is 4.74. The van der Waals surface area contributed by atoms with Gasteiger partial charge in [-0.1, -0.05) is 0 Å². The van der Waals surface area contributed by atoms with Crippen LogP contribution in [0.2, 0.25) is 0 Å². The van der Waals surface area contributed by atoms with Gasteiger partial charge in [0.25, 0.3) is 0 Å². The summed E-state index contributed by atoms with van der Waals surface area (Å²) in [6, 6.07) is 0. The Morgan fingerprint density at radius 2 is 0.680 bits per heavy atom. The molecule has 0 aromatic carbocycles. The molecule has 9 heteroatoms. The Labute approximate surface area is 166 Å². The van der Waals surface area contributed by atoms with Crippen LogP contribution in [0, 0.1) is 0 Å². The maximum absolute atomic E-state index is 5.99. The van der Waals surface area contributed by atoms with E-state index in [1.54, 1.807) is 0 Å². The second kappa shape index (κ2) is 5.91. The van der Waals surface area contributed by atoms with Crippen molar-refractivity contribution in [2.75, 3.05) is 0 Å². The summed E-state index contributed by atoms with van der Waals surface area (Å²) in [4.78, 5) is -0.316. The summed E-state index contributed by atoms with van der Waals surface area (Å²) in [7, 11) is 5.62. The summed E-state index contributed by atoms with van der Waals surface area (Å²) in [5.74, 6) is 0. The fourth-order valence-corrected chi connectivity index (χ4v) is 60.8. The summed E-state index contributed by atoms with van der Waals surface area (Å²) >= 11 is 0. The molecule has 4 nitrogen and oxygen atoms in total. The van der Waals surface area contributed by atoms with Gasteiger partial charge < -0.3 is 0 Å². The van der Waals surface area contributed by atoms with Crippen molar-refractivity contribution in [2.45, 2.75) is 99.5 Å². The zero-order valence-corrected chi connectivity index (χ0v) is 21.4. The van der Waals surface area contributed by atoms with E-state index < -0.39 is 8.70 Å². The molecule has 144 valence electrons. The summed E-state index contributed by atoms with van der Waals surface area (Å²) < 4.78 is 24.0. The van der Waals surface area contributed by atoms with Crippen LogP contribution in [0.15, 0.2) is 0 Å². The van der Waals surface area contributed by atoms with E-state index in [1.807, 2.05) is 0 Å². The molecule has 8 atom stereocenters. The molecule has 4 saturated heterocycles. The van der Waals surface area contributed by atoms with Gasteiger partial charge in [0.1, 0.15) is 0 Å². The Balaban J connectivity index is 1.62. The third-order valence-electron chi connectivity index (χ3n) is 5.68. The standard InChI is InChI=1S/C16H28GeO4S4/c1-9-13(5,18-9)22-17(23-14(6)10(2)19-14,24-15(7)11(3)20-15)25-16(8)12(4)21-16/h9-12H,1-8H3. The van der Waals surface area contributed by atoms with Crippen molar-refractivity contribution in [1.82, 2.24) is 0 Å². The summed E-state index contributed by atoms with van der Waals surface area (Å²) in [5.41, 5.74) is 0. The van der Waals surface area contributed by atoms with Crippen molar-refractivity contribution in [3.63, 3.8) is 0 Å². The van der Waals surface area contributed by atoms with E-state index in [0.717, 1.165) is 0 Å². The molecule has 4 fully saturated rings. The van der Waals surface area contributed by atoms with E-state index in [1.165, 1.54) is 0 Å². The minimum absolute atomic E-state index is 0.0789. The fraction of sp³-hybridized carbons (Fsp3) is 1.00. The molecule has 0 N–H and O–H groups in total. The van der Waals surface area contributed by atoms with Crippen LogP contribution in [0.3, 0.4) is 0 Å². The summed E-state index contributed by atoms with van der Waals surface area (Å²) in [6.45, 7) is 17.7. The predicted molar refractivity (Wildman–Crippen MR) is 112 cm³/mol. The van der Waals surface area contributed by atoms with E-state index in [2.05, 4.69) is 95.7 Å². The van der Waals surface area contributed by atoms with E-state index >= 15 is 0 Å². The molecule has 0 spiro atoms. The molecule has 0 aromatic rings. The summed E-state index contributed by atoms with van der Waals surface area (Å²) in [5, 5.41) is 0. The van der Waals surface area contributed by atoms with Gasteiger partial charge in [0.2, 0.25) is 0 Å². The molecule has 4 aliphatic heterocycles. The number of epoxide rings is 4. The first-order valence-corrected chi connectivity index (χ1v) is 22.4. The first kappa shape index (κ1) is 20.1. The van der Waals surface area contributed by atoms with Crippen molar-refractivity contribution < 1.29 is 18.9 Å². The van der Waals surface area contributed by atoms with E-state index in [0.29, 0.717) is 24.4 Å². The van der Waals surface area contributed by atoms with Crippen LogP contribution in [0.5, 0.6) is 0 Å². The SMILES string of the molecule is CC1OC1(C)[S][Ge]([S]C1(C)OC1C)([S]C1(C)OC1C)[S]C1(C)OC1C.